The molecule has 1 atom stereocenters. The first-order chi connectivity index (χ1) is 6.77. The summed E-state index contributed by atoms with van der Waals surface area (Å²) in [5.41, 5.74) is 0. The lowest BCUT2D eigenvalue weighted by Gasteiger charge is -2.12. The van der Waals surface area contributed by atoms with Crippen molar-refractivity contribution >= 4 is 37.2 Å². The number of nitrogens with one attached hydrogen (secondary N) is 2. The minimum Gasteiger partial charge on any atom is -0.365 e. The first-order valence-electron chi connectivity index (χ1n) is 4.20. The molecule has 1 aliphatic rings. The third kappa shape index (κ3) is 3.28. The van der Waals surface area contributed by atoms with Crippen molar-refractivity contribution in [2.24, 2.45) is 0 Å². The number of rotatable bonds is 2. The standard InChI is InChI=1S/C6H12N2O4S3/c1-7-6(13)8-15(11,12)5-2-3-14(9,10)4-5/h5H,2-4H2,1H3,(H2,7,8,13). The Morgan fingerprint density at radius 1 is 1.47 bits per heavy atom. The van der Waals surface area contributed by atoms with Crippen LogP contribution in [-0.2, 0) is 19.9 Å². The minimum atomic E-state index is -3.68. The van der Waals surface area contributed by atoms with Crippen molar-refractivity contribution in [2.45, 2.75) is 11.7 Å². The topological polar surface area (TPSA) is 92.3 Å². The summed E-state index contributed by atoms with van der Waals surface area (Å²) < 4.78 is 47.5. The fraction of sp³-hybridized carbons (Fsp3) is 0.833. The van der Waals surface area contributed by atoms with E-state index in [0.717, 1.165) is 0 Å². The molecule has 15 heavy (non-hydrogen) atoms. The van der Waals surface area contributed by atoms with Gasteiger partial charge >= 0.3 is 0 Å². The summed E-state index contributed by atoms with van der Waals surface area (Å²) in [5.74, 6) is -0.403. The van der Waals surface area contributed by atoms with Crippen LogP contribution in [0.25, 0.3) is 0 Å². The molecule has 2 N–H and O–H groups in total. The Hall–Kier alpha value is -0.410. The SMILES string of the molecule is CNC(=S)NS(=O)(=O)C1CCS(=O)(=O)C1. The van der Waals surface area contributed by atoms with Gasteiger partial charge in [-0.25, -0.2) is 16.8 Å². The third-order valence-corrected chi connectivity index (χ3v) is 6.27. The molecule has 0 aromatic rings. The van der Waals surface area contributed by atoms with Gasteiger partial charge in [-0.15, -0.1) is 0 Å². The van der Waals surface area contributed by atoms with Crippen molar-refractivity contribution in [1.29, 1.82) is 0 Å². The zero-order valence-corrected chi connectivity index (χ0v) is 10.5. The van der Waals surface area contributed by atoms with Crippen molar-refractivity contribution < 1.29 is 16.8 Å². The van der Waals surface area contributed by atoms with Gasteiger partial charge in [0.1, 0.15) is 0 Å². The minimum absolute atomic E-state index is 0.0284. The van der Waals surface area contributed by atoms with Crippen LogP contribution in [0.1, 0.15) is 6.42 Å². The van der Waals surface area contributed by atoms with Crippen LogP contribution in [0.4, 0.5) is 0 Å². The molecule has 1 aliphatic heterocycles. The van der Waals surface area contributed by atoms with Gasteiger partial charge in [-0.2, -0.15) is 0 Å². The van der Waals surface area contributed by atoms with Crippen molar-refractivity contribution in [3.8, 4) is 0 Å². The molecule has 0 bridgehead atoms. The molecule has 0 aromatic heterocycles. The van der Waals surface area contributed by atoms with E-state index < -0.39 is 25.1 Å². The van der Waals surface area contributed by atoms with Gasteiger partial charge < -0.3 is 5.32 Å². The van der Waals surface area contributed by atoms with E-state index in [-0.39, 0.29) is 23.0 Å². The predicted molar refractivity (Wildman–Crippen MR) is 60.8 cm³/mol. The maximum absolute atomic E-state index is 11.6. The highest BCUT2D eigenvalue weighted by molar-refractivity contribution is 7.96. The third-order valence-electron chi connectivity index (χ3n) is 2.09. The molecule has 1 fully saturated rings. The van der Waals surface area contributed by atoms with E-state index in [1.54, 1.807) is 0 Å². The lowest BCUT2D eigenvalue weighted by Crippen LogP contribution is -2.42. The second-order valence-electron chi connectivity index (χ2n) is 3.25. The maximum Gasteiger partial charge on any atom is 0.238 e. The smallest absolute Gasteiger partial charge is 0.238 e. The van der Waals surface area contributed by atoms with Crippen LogP contribution in [0.2, 0.25) is 0 Å². The highest BCUT2D eigenvalue weighted by atomic mass is 32.2. The Morgan fingerprint density at radius 2 is 2.07 bits per heavy atom. The average Bonchev–Trinajstić information content (AvgIpc) is 2.45. The summed E-state index contributed by atoms with van der Waals surface area (Å²) in [6.07, 6.45) is 0.129. The normalized spacial score (nSPS) is 24.7. The molecule has 0 amide bonds. The van der Waals surface area contributed by atoms with Gasteiger partial charge in [0, 0.05) is 7.05 Å². The molecular weight excluding hydrogens is 260 g/mol. The van der Waals surface area contributed by atoms with E-state index in [1.807, 2.05) is 0 Å². The number of thiocarbonyl (C=S) groups is 1. The Kier molecular flexibility index (Phi) is 3.56. The monoisotopic (exact) mass is 272 g/mol. The fourth-order valence-corrected chi connectivity index (χ4v) is 5.60. The van der Waals surface area contributed by atoms with Gasteiger partial charge in [0.05, 0.1) is 16.8 Å². The first kappa shape index (κ1) is 12.7. The van der Waals surface area contributed by atoms with E-state index in [9.17, 15) is 16.8 Å². The summed E-state index contributed by atoms with van der Waals surface area (Å²) in [7, 11) is -5.40. The van der Waals surface area contributed by atoms with Crippen LogP contribution in [0, 0.1) is 0 Å². The molecule has 9 heteroatoms. The van der Waals surface area contributed by atoms with Gasteiger partial charge in [0.25, 0.3) is 0 Å². The van der Waals surface area contributed by atoms with E-state index in [1.165, 1.54) is 7.05 Å². The van der Waals surface area contributed by atoms with Crippen molar-refractivity contribution in [3.05, 3.63) is 0 Å². The van der Waals surface area contributed by atoms with E-state index >= 15 is 0 Å². The van der Waals surface area contributed by atoms with E-state index in [0.29, 0.717) is 0 Å². The first-order valence-corrected chi connectivity index (χ1v) is 7.98. The van der Waals surface area contributed by atoms with E-state index in [2.05, 4.69) is 22.3 Å². The van der Waals surface area contributed by atoms with Crippen molar-refractivity contribution in [2.75, 3.05) is 18.6 Å². The molecule has 1 rings (SSSR count). The van der Waals surface area contributed by atoms with Crippen LogP contribution in [0.15, 0.2) is 0 Å². The second-order valence-corrected chi connectivity index (χ2v) is 7.85. The number of sulfone groups is 1. The molecule has 0 aliphatic carbocycles. The van der Waals surface area contributed by atoms with Crippen LogP contribution >= 0.6 is 12.2 Å². The quantitative estimate of drug-likeness (QED) is 0.601. The number of hydrogen-bond donors (Lipinski definition) is 2. The molecule has 1 unspecified atom stereocenters. The van der Waals surface area contributed by atoms with Gasteiger partial charge in [-0.1, -0.05) is 0 Å². The Balaban J connectivity index is 2.77. The zero-order valence-electron chi connectivity index (χ0n) is 8.06. The molecule has 1 saturated heterocycles. The average molecular weight is 272 g/mol. The van der Waals surface area contributed by atoms with Crippen molar-refractivity contribution in [1.82, 2.24) is 10.0 Å². The van der Waals surface area contributed by atoms with Crippen LogP contribution < -0.4 is 10.0 Å². The summed E-state index contributed by atoms with van der Waals surface area (Å²) in [6, 6.07) is 0. The number of sulfonamides is 1. The number of hydrogen-bond acceptors (Lipinski definition) is 5. The van der Waals surface area contributed by atoms with Gasteiger partial charge in [0.2, 0.25) is 10.0 Å². The molecule has 0 aromatic carbocycles. The highest BCUT2D eigenvalue weighted by Gasteiger charge is 2.37. The summed E-state index contributed by atoms with van der Waals surface area (Å²) >= 11 is 4.65. The fourth-order valence-electron chi connectivity index (χ4n) is 1.27. The predicted octanol–water partition coefficient (Wildman–Crippen LogP) is -1.40. The second kappa shape index (κ2) is 4.22. The van der Waals surface area contributed by atoms with Gasteiger partial charge in [0.15, 0.2) is 14.9 Å². The molecule has 0 radical (unpaired) electrons. The lowest BCUT2D eigenvalue weighted by atomic mass is 10.4. The molecule has 6 nitrogen and oxygen atoms in total. The largest absolute Gasteiger partial charge is 0.365 e. The zero-order chi connectivity index (χ0) is 11.7. The van der Waals surface area contributed by atoms with Crippen LogP contribution in [0.3, 0.4) is 0 Å². The van der Waals surface area contributed by atoms with Gasteiger partial charge in [-0.3, -0.25) is 4.72 Å². The highest BCUT2D eigenvalue weighted by Crippen LogP contribution is 2.17. The molecule has 1 heterocycles. The van der Waals surface area contributed by atoms with E-state index in [4.69, 9.17) is 0 Å². The Labute approximate surface area is 94.4 Å². The maximum atomic E-state index is 11.6. The van der Waals surface area contributed by atoms with Crippen LogP contribution in [-0.4, -0.2) is 45.8 Å². The molecule has 88 valence electrons. The molecular formula is C6H12N2O4S3. The Morgan fingerprint density at radius 3 is 2.47 bits per heavy atom. The summed E-state index contributed by atoms with van der Waals surface area (Å²) in [6.45, 7) is 0. The van der Waals surface area contributed by atoms with Crippen molar-refractivity contribution in [3.63, 3.8) is 0 Å². The Bertz CT molecular complexity index is 453. The van der Waals surface area contributed by atoms with Crippen LogP contribution in [0.5, 0.6) is 0 Å². The summed E-state index contributed by atoms with van der Waals surface area (Å²) in [5, 5.41) is 1.53. The molecule has 0 saturated carbocycles. The van der Waals surface area contributed by atoms with Gasteiger partial charge in [-0.05, 0) is 18.6 Å². The lowest BCUT2D eigenvalue weighted by molar-refractivity contribution is 0.578. The summed E-state index contributed by atoms with van der Waals surface area (Å²) in [4.78, 5) is 0. The molecule has 0 spiro atoms.